The van der Waals surface area contributed by atoms with E-state index in [1.165, 1.54) is 6.07 Å². The summed E-state index contributed by atoms with van der Waals surface area (Å²) < 4.78 is 15.8. The number of aryl methyl sites for hydroxylation is 2. The zero-order chi connectivity index (χ0) is 14.1. The van der Waals surface area contributed by atoms with Gasteiger partial charge in [-0.3, -0.25) is 4.98 Å². The van der Waals surface area contributed by atoms with E-state index in [2.05, 4.69) is 14.5 Å². The molecule has 3 nitrogen and oxygen atoms in total. The number of hydrogen-bond donors (Lipinski definition) is 0. The second-order valence-electron chi connectivity index (χ2n) is 4.61. The maximum Gasteiger partial charge on any atom is 0.128 e. The summed E-state index contributed by atoms with van der Waals surface area (Å²) in [6.45, 7) is 2.46. The molecule has 2 aromatic heterocycles. The highest BCUT2D eigenvalue weighted by Crippen LogP contribution is 2.23. The van der Waals surface area contributed by atoms with E-state index in [9.17, 15) is 4.39 Å². The molecule has 0 radical (unpaired) electrons. The lowest BCUT2D eigenvalue weighted by atomic mass is 10.2. The monoisotopic (exact) mass is 309 g/mol. The molecule has 0 saturated heterocycles. The molecule has 0 fully saturated rings. The van der Waals surface area contributed by atoms with Gasteiger partial charge in [0.1, 0.15) is 11.6 Å². The molecule has 0 aliphatic heterocycles. The van der Waals surface area contributed by atoms with Crippen LogP contribution < -0.4 is 0 Å². The first-order chi connectivity index (χ1) is 9.69. The number of aromatic nitrogens is 3. The molecular weight excluding hydrogens is 297 g/mol. The highest BCUT2D eigenvalue weighted by Gasteiger charge is 2.13. The topological polar surface area (TPSA) is 30.7 Å². The van der Waals surface area contributed by atoms with Gasteiger partial charge in [0, 0.05) is 29.4 Å². The Hall–Kier alpha value is -1.46. The van der Waals surface area contributed by atoms with E-state index in [0.29, 0.717) is 29.9 Å². The molecule has 1 aromatic carbocycles. The van der Waals surface area contributed by atoms with Gasteiger partial charge < -0.3 is 4.57 Å². The minimum Gasteiger partial charge on any atom is -0.323 e. The van der Waals surface area contributed by atoms with Gasteiger partial charge in [-0.15, -0.1) is 22.9 Å². The van der Waals surface area contributed by atoms with Gasteiger partial charge in [-0.1, -0.05) is 0 Å². The molecule has 0 spiro atoms. The molecule has 0 saturated carbocycles. The molecule has 3 rings (SSSR count). The molecule has 0 atom stereocenters. The number of thiazole rings is 1. The number of alkyl halides is 1. The molecule has 0 N–H and O–H groups in total. The number of imidazole rings is 1. The second-order valence-corrected chi connectivity index (χ2v) is 5.96. The third kappa shape index (κ3) is 2.43. The summed E-state index contributed by atoms with van der Waals surface area (Å²) in [5.41, 5.74) is 4.05. The van der Waals surface area contributed by atoms with Crippen molar-refractivity contribution in [1.29, 1.82) is 0 Å². The smallest absolute Gasteiger partial charge is 0.128 e. The Balaban J connectivity index is 2.15. The maximum absolute atomic E-state index is 13.7. The molecule has 0 amide bonds. The van der Waals surface area contributed by atoms with Crippen LogP contribution in [0.15, 0.2) is 23.8 Å². The van der Waals surface area contributed by atoms with Crippen LogP contribution in [-0.2, 0) is 13.0 Å². The average Bonchev–Trinajstić information content (AvgIpc) is 3.02. The zero-order valence-electron chi connectivity index (χ0n) is 10.9. The standard InChI is InChI=1S/C14H13ClFN3S/c1-9-4-13-12(5-11(9)16)18-14(2-3-15)19(13)7-10-6-17-8-20-10/h4-6,8H,2-3,7H2,1H3. The van der Waals surface area contributed by atoms with Crippen molar-refractivity contribution in [2.75, 3.05) is 5.88 Å². The number of rotatable bonds is 4. The van der Waals surface area contributed by atoms with Crippen molar-refractivity contribution >= 4 is 34.0 Å². The summed E-state index contributed by atoms with van der Waals surface area (Å²) in [7, 11) is 0. The van der Waals surface area contributed by atoms with E-state index in [-0.39, 0.29) is 5.82 Å². The van der Waals surface area contributed by atoms with Gasteiger partial charge in [-0.25, -0.2) is 9.37 Å². The number of benzene rings is 1. The van der Waals surface area contributed by atoms with Gasteiger partial charge in [0.25, 0.3) is 0 Å². The van der Waals surface area contributed by atoms with Crippen LogP contribution in [-0.4, -0.2) is 20.4 Å². The molecule has 2 heterocycles. The van der Waals surface area contributed by atoms with Crippen LogP contribution in [0.25, 0.3) is 11.0 Å². The van der Waals surface area contributed by atoms with Crippen LogP contribution >= 0.6 is 22.9 Å². The van der Waals surface area contributed by atoms with E-state index < -0.39 is 0 Å². The lowest BCUT2D eigenvalue weighted by molar-refractivity contribution is 0.620. The van der Waals surface area contributed by atoms with Crippen molar-refractivity contribution in [3.05, 3.63) is 45.9 Å². The molecule has 0 bridgehead atoms. The van der Waals surface area contributed by atoms with Crippen LogP contribution in [0.4, 0.5) is 4.39 Å². The third-order valence-electron chi connectivity index (χ3n) is 3.22. The lowest BCUT2D eigenvalue weighted by Gasteiger charge is -2.07. The minimum atomic E-state index is -0.225. The van der Waals surface area contributed by atoms with Crippen molar-refractivity contribution in [2.24, 2.45) is 0 Å². The zero-order valence-corrected chi connectivity index (χ0v) is 12.5. The highest BCUT2D eigenvalue weighted by atomic mass is 35.5. The first-order valence-electron chi connectivity index (χ1n) is 6.27. The molecule has 0 aliphatic carbocycles. The van der Waals surface area contributed by atoms with E-state index in [0.717, 1.165) is 16.2 Å². The van der Waals surface area contributed by atoms with Crippen molar-refractivity contribution in [3.63, 3.8) is 0 Å². The predicted octanol–water partition coefficient (Wildman–Crippen LogP) is 3.77. The molecule has 0 aliphatic rings. The fraction of sp³-hybridized carbons (Fsp3) is 0.286. The van der Waals surface area contributed by atoms with Gasteiger partial charge >= 0.3 is 0 Å². The highest BCUT2D eigenvalue weighted by molar-refractivity contribution is 7.09. The minimum absolute atomic E-state index is 0.225. The largest absolute Gasteiger partial charge is 0.323 e. The number of halogens is 2. The maximum atomic E-state index is 13.7. The molecule has 6 heteroatoms. The van der Waals surface area contributed by atoms with Crippen molar-refractivity contribution in [1.82, 2.24) is 14.5 Å². The SMILES string of the molecule is Cc1cc2c(cc1F)nc(CCCl)n2Cc1cncs1. The van der Waals surface area contributed by atoms with Crippen LogP contribution in [0.1, 0.15) is 16.3 Å². The Morgan fingerprint density at radius 1 is 1.40 bits per heavy atom. The van der Waals surface area contributed by atoms with E-state index >= 15 is 0 Å². The Labute approximate surface area is 125 Å². The van der Waals surface area contributed by atoms with Crippen molar-refractivity contribution < 1.29 is 4.39 Å². The first kappa shape index (κ1) is 13.5. The van der Waals surface area contributed by atoms with E-state index in [1.54, 1.807) is 23.8 Å². The van der Waals surface area contributed by atoms with Gasteiger partial charge in [0.2, 0.25) is 0 Å². The Morgan fingerprint density at radius 2 is 2.25 bits per heavy atom. The molecule has 20 heavy (non-hydrogen) atoms. The van der Waals surface area contributed by atoms with Crippen LogP contribution in [0, 0.1) is 12.7 Å². The molecule has 3 aromatic rings. The molecule has 0 unspecified atom stereocenters. The normalized spacial score (nSPS) is 11.3. The third-order valence-corrected chi connectivity index (χ3v) is 4.18. The summed E-state index contributed by atoms with van der Waals surface area (Å²) >= 11 is 7.44. The predicted molar refractivity (Wildman–Crippen MR) is 80.1 cm³/mol. The number of fused-ring (bicyclic) bond motifs is 1. The summed E-state index contributed by atoms with van der Waals surface area (Å²) in [6.07, 6.45) is 2.51. The second kappa shape index (κ2) is 5.50. The quantitative estimate of drug-likeness (QED) is 0.687. The van der Waals surface area contributed by atoms with Gasteiger partial charge in [0.05, 0.1) is 23.1 Å². The van der Waals surface area contributed by atoms with Crippen molar-refractivity contribution in [3.8, 4) is 0 Å². The summed E-state index contributed by atoms with van der Waals surface area (Å²) in [5, 5.41) is 0. The number of nitrogens with zero attached hydrogens (tertiary/aromatic N) is 3. The van der Waals surface area contributed by atoms with E-state index in [1.807, 2.05) is 12.3 Å². The van der Waals surface area contributed by atoms with Gasteiger partial charge in [0.15, 0.2) is 0 Å². The van der Waals surface area contributed by atoms with Crippen molar-refractivity contribution in [2.45, 2.75) is 19.9 Å². The van der Waals surface area contributed by atoms with E-state index in [4.69, 9.17) is 11.6 Å². The Morgan fingerprint density at radius 3 is 2.95 bits per heavy atom. The summed E-state index contributed by atoms with van der Waals surface area (Å²) in [4.78, 5) is 9.74. The lowest BCUT2D eigenvalue weighted by Crippen LogP contribution is -2.05. The Kier molecular flexibility index (Phi) is 3.72. The molecular formula is C14H13ClFN3S. The Bertz CT molecular complexity index is 737. The van der Waals surface area contributed by atoms with Crippen LogP contribution in [0.5, 0.6) is 0 Å². The van der Waals surface area contributed by atoms with Crippen LogP contribution in [0.3, 0.4) is 0 Å². The van der Waals surface area contributed by atoms with Gasteiger partial charge in [-0.2, -0.15) is 0 Å². The van der Waals surface area contributed by atoms with Gasteiger partial charge in [-0.05, 0) is 18.6 Å². The van der Waals surface area contributed by atoms with Crippen LogP contribution in [0.2, 0.25) is 0 Å². The fourth-order valence-electron chi connectivity index (χ4n) is 2.23. The number of hydrogen-bond acceptors (Lipinski definition) is 3. The summed E-state index contributed by atoms with van der Waals surface area (Å²) in [5.74, 6) is 1.15. The summed E-state index contributed by atoms with van der Waals surface area (Å²) in [6, 6.07) is 3.34. The first-order valence-corrected chi connectivity index (χ1v) is 7.69. The molecule has 104 valence electrons. The average molecular weight is 310 g/mol. The fourth-order valence-corrected chi connectivity index (χ4v) is 2.98.